The van der Waals surface area contributed by atoms with Crippen molar-refractivity contribution in [3.05, 3.63) is 76.1 Å². The number of carbonyl (C=O) groups is 1. The molecule has 6 nitrogen and oxygen atoms in total. The number of aromatic nitrogens is 2. The number of hydrogen-bond acceptors (Lipinski definition) is 4. The number of ether oxygens (including phenoxy) is 1. The number of amides is 1. The highest BCUT2D eigenvalue weighted by atomic mass is 16.5. The Hall–Kier alpha value is -3.41. The summed E-state index contributed by atoms with van der Waals surface area (Å²) < 4.78 is 6.39. The molecular formula is C21H21N3O3. The number of carbonyl (C=O) groups excluding carboxylic acids is 1. The van der Waals surface area contributed by atoms with Crippen LogP contribution in [0, 0.1) is 13.8 Å². The van der Waals surface area contributed by atoms with Crippen molar-refractivity contribution < 1.29 is 9.53 Å². The molecule has 0 bridgehead atoms. The first kappa shape index (κ1) is 18.4. The second kappa shape index (κ2) is 7.86. The molecule has 0 fully saturated rings. The summed E-state index contributed by atoms with van der Waals surface area (Å²) in [4.78, 5) is 24.5. The molecule has 0 spiro atoms. The van der Waals surface area contributed by atoms with E-state index in [0.29, 0.717) is 17.1 Å². The van der Waals surface area contributed by atoms with Crippen LogP contribution >= 0.6 is 0 Å². The molecule has 0 saturated heterocycles. The fraction of sp³-hybridized carbons (Fsp3) is 0.190. The van der Waals surface area contributed by atoms with E-state index in [1.165, 1.54) is 17.9 Å². The molecule has 0 aliphatic carbocycles. The summed E-state index contributed by atoms with van der Waals surface area (Å²) in [6.07, 6.45) is 0. The van der Waals surface area contributed by atoms with Crippen LogP contribution in [0.25, 0.3) is 11.3 Å². The predicted octanol–water partition coefficient (Wildman–Crippen LogP) is 3.17. The minimum absolute atomic E-state index is 0.185. The standard InChI is InChI=1S/C21H21N3O3/c1-14-8-9-16(15(2)12-14)17-10-11-21(26)24(23-17)13-20(25)22-18-6-4-5-7-19(18)27-3/h4-12H,13H2,1-3H3,(H,22,25). The number of anilines is 1. The second-order valence-corrected chi connectivity index (χ2v) is 6.28. The molecule has 0 unspecified atom stereocenters. The molecule has 0 saturated carbocycles. The van der Waals surface area contributed by atoms with Crippen LogP contribution in [0.4, 0.5) is 5.69 Å². The lowest BCUT2D eigenvalue weighted by Crippen LogP contribution is -2.29. The van der Waals surface area contributed by atoms with Gasteiger partial charge in [-0.15, -0.1) is 0 Å². The summed E-state index contributed by atoms with van der Waals surface area (Å²) in [5.74, 6) is 0.196. The van der Waals surface area contributed by atoms with Gasteiger partial charge in [-0.25, -0.2) is 4.68 Å². The molecule has 2 aromatic carbocycles. The number of nitrogens with zero attached hydrogens (tertiary/aromatic N) is 2. The minimum atomic E-state index is -0.355. The Labute approximate surface area is 157 Å². The first-order chi connectivity index (χ1) is 13.0. The van der Waals surface area contributed by atoms with Gasteiger partial charge in [-0.1, -0.05) is 35.9 Å². The Kier molecular flexibility index (Phi) is 5.35. The SMILES string of the molecule is COc1ccccc1NC(=O)Cn1nc(-c2ccc(C)cc2C)ccc1=O. The topological polar surface area (TPSA) is 73.2 Å². The van der Waals surface area contributed by atoms with E-state index < -0.39 is 0 Å². The van der Waals surface area contributed by atoms with Gasteiger partial charge in [0, 0.05) is 11.6 Å². The second-order valence-electron chi connectivity index (χ2n) is 6.28. The molecule has 0 atom stereocenters. The molecule has 1 aromatic heterocycles. The first-order valence-electron chi connectivity index (χ1n) is 8.56. The molecular weight excluding hydrogens is 342 g/mol. The molecule has 0 aliphatic rings. The summed E-state index contributed by atoms with van der Waals surface area (Å²) in [5.41, 5.74) is 4.01. The fourth-order valence-electron chi connectivity index (χ4n) is 2.88. The van der Waals surface area contributed by atoms with Crippen molar-refractivity contribution in [2.45, 2.75) is 20.4 Å². The summed E-state index contributed by atoms with van der Waals surface area (Å²) in [6, 6.07) is 16.2. The summed E-state index contributed by atoms with van der Waals surface area (Å²) in [7, 11) is 1.53. The largest absolute Gasteiger partial charge is 0.495 e. The van der Waals surface area contributed by atoms with Crippen molar-refractivity contribution in [2.24, 2.45) is 0 Å². The fourth-order valence-corrected chi connectivity index (χ4v) is 2.88. The lowest BCUT2D eigenvalue weighted by atomic mass is 10.0. The van der Waals surface area contributed by atoms with E-state index >= 15 is 0 Å². The maximum Gasteiger partial charge on any atom is 0.267 e. The average Bonchev–Trinajstić information content (AvgIpc) is 2.64. The van der Waals surface area contributed by atoms with Gasteiger partial charge in [-0.2, -0.15) is 5.10 Å². The van der Waals surface area contributed by atoms with Crippen LogP contribution in [-0.2, 0) is 11.3 Å². The van der Waals surface area contributed by atoms with Crippen LogP contribution in [0.5, 0.6) is 5.75 Å². The van der Waals surface area contributed by atoms with Crippen LogP contribution in [0.3, 0.4) is 0 Å². The number of aryl methyl sites for hydroxylation is 2. The molecule has 138 valence electrons. The molecule has 0 aliphatic heterocycles. The van der Waals surface area contributed by atoms with Crippen molar-refractivity contribution in [2.75, 3.05) is 12.4 Å². The van der Waals surface area contributed by atoms with Gasteiger partial charge >= 0.3 is 0 Å². The predicted molar refractivity (Wildman–Crippen MR) is 105 cm³/mol. The number of hydrogen-bond donors (Lipinski definition) is 1. The Morgan fingerprint density at radius 1 is 1.11 bits per heavy atom. The number of nitrogens with one attached hydrogen (secondary N) is 1. The zero-order valence-corrected chi connectivity index (χ0v) is 15.5. The number of para-hydroxylation sites is 2. The van der Waals surface area contributed by atoms with Gasteiger partial charge in [-0.05, 0) is 37.6 Å². The van der Waals surface area contributed by atoms with E-state index in [-0.39, 0.29) is 18.0 Å². The Bertz CT molecular complexity index is 1040. The third-order valence-electron chi connectivity index (χ3n) is 4.20. The van der Waals surface area contributed by atoms with Crippen LogP contribution in [0.1, 0.15) is 11.1 Å². The van der Waals surface area contributed by atoms with Crippen molar-refractivity contribution in [3.8, 4) is 17.0 Å². The number of rotatable bonds is 5. The lowest BCUT2D eigenvalue weighted by Gasteiger charge is -2.11. The van der Waals surface area contributed by atoms with Gasteiger partial charge in [0.25, 0.3) is 5.56 Å². The number of methoxy groups -OCH3 is 1. The molecule has 1 heterocycles. The third kappa shape index (κ3) is 4.23. The molecule has 27 heavy (non-hydrogen) atoms. The molecule has 1 amide bonds. The Balaban J connectivity index is 1.84. The number of benzene rings is 2. The van der Waals surface area contributed by atoms with Gasteiger partial charge in [0.05, 0.1) is 18.5 Å². The highest BCUT2D eigenvalue weighted by molar-refractivity contribution is 5.92. The zero-order chi connectivity index (χ0) is 19.4. The minimum Gasteiger partial charge on any atom is -0.495 e. The van der Waals surface area contributed by atoms with Crippen molar-refractivity contribution in [1.29, 1.82) is 0 Å². The lowest BCUT2D eigenvalue weighted by molar-refractivity contribution is -0.117. The maximum atomic E-state index is 12.4. The molecule has 3 rings (SSSR count). The maximum absolute atomic E-state index is 12.4. The highest BCUT2D eigenvalue weighted by Gasteiger charge is 2.11. The smallest absolute Gasteiger partial charge is 0.267 e. The van der Waals surface area contributed by atoms with Crippen molar-refractivity contribution in [1.82, 2.24) is 9.78 Å². The van der Waals surface area contributed by atoms with Crippen LogP contribution in [-0.4, -0.2) is 22.8 Å². The van der Waals surface area contributed by atoms with E-state index in [1.807, 2.05) is 32.0 Å². The summed E-state index contributed by atoms with van der Waals surface area (Å²) in [5, 5.41) is 7.12. The van der Waals surface area contributed by atoms with Gasteiger partial charge in [0.2, 0.25) is 5.91 Å². The van der Waals surface area contributed by atoms with E-state index in [4.69, 9.17) is 4.74 Å². The van der Waals surface area contributed by atoms with E-state index in [9.17, 15) is 9.59 Å². The molecule has 6 heteroatoms. The molecule has 3 aromatic rings. The normalized spacial score (nSPS) is 10.5. The Morgan fingerprint density at radius 2 is 1.89 bits per heavy atom. The zero-order valence-electron chi connectivity index (χ0n) is 15.5. The van der Waals surface area contributed by atoms with E-state index in [1.54, 1.807) is 24.3 Å². The van der Waals surface area contributed by atoms with Crippen LogP contribution in [0.2, 0.25) is 0 Å². The summed E-state index contributed by atoms with van der Waals surface area (Å²) >= 11 is 0. The average molecular weight is 363 g/mol. The van der Waals surface area contributed by atoms with E-state index in [2.05, 4.69) is 16.5 Å². The van der Waals surface area contributed by atoms with Gasteiger partial charge in [0.1, 0.15) is 12.3 Å². The Morgan fingerprint density at radius 3 is 2.63 bits per heavy atom. The first-order valence-corrected chi connectivity index (χ1v) is 8.56. The van der Waals surface area contributed by atoms with Gasteiger partial charge < -0.3 is 10.1 Å². The highest BCUT2D eigenvalue weighted by Crippen LogP contribution is 2.23. The van der Waals surface area contributed by atoms with Crippen molar-refractivity contribution >= 4 is 11.6 Å². The van der Waals surface area contributed by atoms with Crippen molar-refractivity contribution in [3.63, 3.8) is 0 Å². The quantitative estimate of drug-likeness (QED) is 0.756. The van der Waals surface area contributed by atoms with Crippen LogP contribution in [0.15, 0.2) is 59.4 Å². The summed E-state index contributed by atoms with van der Waals surface area (Å²) in [6.45, 7) is 3.83. The third-order valence-corrected chi connectivity index (χ3v) is 4.20. The molecule has 0 radical (unpaired) electrons. The monoisotopic (exact) mass is 363 g/mol. The molecule has 1 N–H and O–H groups in total. The van der Waals surface area contributed by atoms with Gasteiger partial charge in [-0.3, -0.25) is 9.59 Å². The van der Waals surface area contributed by atoms with E-state index in [0.717, 1.165) is 16.7 Å². The van der Waals surface area contributed by atoms with Crippen LogP contribution < -0.4 is 15.6 Å². The van der Waals surface area contributed by atoms with Gasteiger partial charge in [0.15, 0.2) is 0 Å².